The smallest absolute Gasteiger partial charge is 0.378 e. The van der Waals surface area contributed by atoms with E-state index in [2.05, 4.69) is 16.5 Å². The third-order valence-corrected chi connectivity index (χ3v) is 6.79. The Bertz CT molecular complexity index is 1230. The lowest BCUT2D eigenvalue weighted by Gasteiger charge is -2.41. The van der Waals surface area contributed by atoms with E-state index in [1.165, 1.54) is 4.90 Å². The molecule has 8 heteroatoms. The first-order valence-electron chi connectivity index (χ1n) is 11.4. The molecule has 1 N–H and O–H groups in total. The molecule has 0 saturated carbocycles. The van der Waals surface area contributed by atoms with Gasteiger partial charge in [0.25, 0.3) is 5.91 Å². The first-order chi connectivity index (χ1) is 16.3. The van der Waals surface area contributed by atoms with E-state index in [-0.39, 0.29) is 0 Å². The van der Waals surface area contributed by atoms with Crippen LogP contribution in [-0.4, -0.2) is 54.3 Å². The molecule has 1 saturated heterocycles. The van der Waals surface area contributed by atoms with Crippen LogP contribution in [0, 0.1) is 0 Å². The fourth-order valence-corrected chi connectivity index (χ4v) is 5.07. The molecule has 2 aliphatic heterocycles. The molecule has 0 spiro atoms. The second-order valence-corrected chi connectivity index (χ2v) is 8.90. The van der Waals surface area contributed by atoms with Crippen LogP contribution in [0.5, 0.6) is 0 Å². The molecular weight excluding hydrogens is 443 g/mol. The molecule has 2 aliphatic rings. The van der Waals surface area contributed by atoms with Gasteiger partial charge in [0.1, 0.15) is 5.57 Å². The summed E-state index contributed by atoms with van der Waals surface area (Å²) in [5.74, 6) is -1.09. The van der Waals surface area contributed by atoms with E-state index in [0.29, 0.717) is 19.6 Å². The molecule has 1 fully saturated rings. The molecule has 1 aromatic heterocycles. The fourth-order valence-electron chi connectivity index (χ4n) is 5.07. The van der Waals surface area contributed by atoms with Crippen molar-refractivity contribution in [3.63, 3.8) is 0 Å². The molecular formula is C26H26F3N3O2. The maximum absolute atomic E-state index is 13.5. The Balaban J connectivity index is 1.60. The summed E-state index contributed by atoms with van der Waals surface area (Å²) in [6.07, 6.45) is -4.33. The molecule has 3 heterocycles. The number of morpholine rings is 1. The van der Waals surface area contributed by atoms with Crippen molar-refractivity contribution in [1.82, 2.24) is 9.88 Å². The monoisotopic (exact) mass is 469 g/mol. The van der Waals surface area contributed by atoms with Crippen LogP contribution in [0.4, 0.5) is 18.9 Å². The van der Waals surface area contributed by atoms with Gasteiger partial charge in [-0.25, -0.2) is 0 Å². The lowest BCUT2D eigenvalue weighted by molar-refractivity contribution is -0.143. The quantitative estimate of drug-likeness (QED) is 0.550. The minimum Gasteiger partial charge on any atom is -0.378 e. The minimum absolute atomic E-state index is 0.442. The zero-order valence-electron chi connectivity index (χ0n) is 18.9. The molecule has 5 rings (SSSR count). The summed E-state index contributed by atoms with van der Waals surface area (Å²) in [6, 6.07) is 14.4. The van der Waals surface area contributed by atoms with Crippen LogP contribution in [0.2, 0.25) is 0 Å². The number of carbonyl (C=O) groups is 1. The Morgan fingerprint density at radius 2 is 1.76 bits per heavy atom. The number of hydrogen-bond acceptors (Lipinski definition) is 3. The number of hydrogen-bond donors (Lipinski definition) is 1. The minimum atomic E-state index is -4.79. The van der Waals surface area contributed by atoms with Crippen molar-refractivity contribution < 1.29 is 22.7 Å². The molecule has 0 radical (unpaired) electrons. The first kappa shape index (κ1) is 22.5. The largest absolute Gasteiger partial charge is 0.421 e. The Hall–Kier alpha value is -3.26. The van der Waals surface area contributed by atoms with E-state index in [1.54, 1.807) is 6.92 Å². The zero-order valence-corrected chi connectivity index (χ0v) is 18.9. The Morgan fingerprint density at radius 3 is 2.44 bits per heavy atom. The molecule has 0 aliphatic carbocycles. The number of aromatic nitrogens is 1. The number of para-hydroxylation sites is 1. The maximum atomic E-state index is 13.5. The molecule has 1 amide bonds. The molecule has 3 aromatic rings. The van der Waals surface area contributed by atoms with Gasteiger partial charge in [0.15, 0.2) is 0 Å². The highest BCUT2D eigenvalue weighted by molar-refractivity contribution is 5.95. The van der Waals surface area contributed by atoms with Crippen LogP contribution >= 0.6 is 0 Å². The average Bonchev–Trinajstić information content (AvgIpc) is 3.20. The summed E-state index contributed by atoms with van der Waals surface area (Å²) in [4.78, 5) is 20.1. The molecule has 5 nitrogen and oxygen atoms in total. The molecule has 178 valence electrons. The van der Waals surface area contributed by atoms with E-state index in [0.717, 1.165) is 46.5 Å². The van der Waals surface area contributed by atoms with Crippen LogP contribution in [0.3, 0.4) is 0 Å². The molecule has 0 bridgehead atoms. The zero-order chi connectivity index (χ0) is 24.0. The number of rotatable bonds is 3. The van der Waals surface area contributed by atoms with Gasteiger partial charge in [-0.05, 0) is 42.7 Å². The number of carbonyl (C=O) groups excluding carboxylic acids is 1. The van der Waals surface area contributed by atoms with E-state index in [4.69, 9.17) is 4.74 Å². The number of alkyl halides is 3. The number of anilines is 1. The number of halogens is 3. The summed E-state index contributed by atoms with van der Waals surface area (Å²) in [6.45, 7) is 7.76. The Labute approximate surface area is 195 Å². The summed E-state index contributed by atoms with van der Waals surface area (Å²) >= 11 is 0. The van der Waals surface area contributed by atoms with Crippen molar-refractivity contribution in [3.8, 4) is 0 Å². The average molecular weight is 470 g/mol. The highest BCUT2D eigenvalue weighted by Crippen LogP contribution is 2.42. The van der Waals surface area contributed by atoms with Gasteiger partial charge < -0.3 is 19.5 Å². The van der Waals surface area contributed by atoms with Gasteiger partial charge in [0, 0.05) is 41.4 Å². The number of ether oxygens (including phenoxy) is 1. The Morgan fingerprint density at radius 1 is 1.09 bits per heavy atom. The van der Waals surface area contributed by atoms with Gasteiger partial charge in [-0.1, -0.05) is 36.9 Å². The molecule has 2 aromatic carbocycles. The van der Waals surface area contributed by atoms with Crippen molar-refractivity contribution in [2.45, 2.75) is 31.6 Å². The van der Waals surface area contributed by atoms with Gasteiger partial charge >= 0.3 is 6.18 Å². The lowest BCUT2D eigenvalue weighted by atomic mass is 9.88. The lowest BCUT2D eigenvalue weighted by Crippen LogP contribution is -2.48. The normalized spacial score (nSPS) is 20.9. The predicted molar refractivity (Wildman–Crippen MR) is 125 cm³/mol. The number of fused-ring (bicyclic) bond motifs is 3. The standard InChI is InChI=1S/C26H26F3N3O2/c1-16-15-21-20-5-3-4-6-22(20)30-23(21)24(32(16)25(33)17(2)26(27,28)29)18-7-9-19(10-8-18)31-11-13-34-14-12-31/h3-10,16,24,30H,2,11-15H2,1H3/t16-,24-/m0/s1. The predicted octanol–water partition coefficient (Wildman–Crippen LogP) is 4.99. The van der Waals surface area contributed by atoms with Crippen LogP contribution < -0.4 is 4.90 Å². The van der Waals surface area contributed by atoms with Gasteiger partial charge in [-0.2, -0.15) is 13.2 Å². The van der Waals surface area contributed by atoms with Gasteiger partial charge in [0.05, 0.1) is 19.3 Å². The van der Waals surface area contributed by atoms with Crippen molar-refractivity contribution >= 4 is 22.5 Å². The summed E-state index contributed by atoms with van der Waals surface area (Å²) in [5.41, 5.74) is 3.10. The topological polar surface area (TPSA) is 48.6 Å². The highest BCUT2D eigenvalue weighted by Gasteiger charge is 2.45. The number of nitrogens with one attached hydrogen (secondary N) is 1. The fraction of sp³-hybridized carbons (Fsp3) is 0.346. The van der Waals surface area contributed by atoms with Crippen molar-refractivity contribution in [1.29, 1.82) is 0 Å². The van der Waals surface area contributed by atoms with E-state index in [9.17, 15) is 18.0 Å². The molecule has 0 unspecified atom stereocenters. The maximum Gasteiger partial charge on any atom is 0.421 e. The SMILES string of the molecule is C=C(C(=O)N1[C@@H](c2ccc(N3CCOCC3)cc2)c2[nH]c3ccccc3c2C[C@@H]1C)C(F)(F)F. The number of amides is 1. The summed E-state index contributed by atoms with van der Waals surface area (Å²) in [5, 5.41) is 1.03. The summed E-state index contributed by atoms with van der Waals surface area (Å²) in [7, 11) is 0. The van der Waals surface area contributed by atoms with Crippen molar-refractivity contribution in [2.75, 3.05) is 31.2 Å². The second-order valence-electron chi connectivity index (χ2n) is 8.90. The van der Waals surface area contributed by atoms with Crippen LogP contribution in [0.15, 0.2) is 60.7 Å². The van der Waals surface area contributed by atoms with Crippen molar-refractivity contribution in [3.05, 3.63) is 77.5 Å². The molecule has 34 heavy (non-hydrogen) atoms. The summed E-state index contributed by atoms with van der Waals surface area (Å²) < 4.78 is 45.8. The molecule has 2 atom stereocenters. The van der Waals surface area contributed by atoms with E-state index >= 15 is 0 Å². The first-order valence-corrected chi connectivity index (χ1v) is 11.4. The van der Waals surface area contributed by atoms with Gasteiger partial charge in [0.2, 0.25) is 0 Å². The van der Waals surface area contributed by atoms with Crippen LogP contribution in [0.1, 0.15) is 29.8 Å². The van der Waals surface area contributed by atoms with Crippen molar-refractivity contribution in [2.24, 2.45) is 0 Å². The number of aromatic amines is 1. The van der Waals surface area contributed by atoms with Crippen LogP contribution in [0.25, 0.3) is 10.9 Å². The highest BCUT2D eigenvalue weighted by atomic mass is 19.4. The van der Waals surface area contributed by atoms with Crippen LogP contribution in [-0.2, 0) is 16.0 Å². The van der Waals surface area contributed by atoms with Gasteiger partial charge in [-0.15, -0.1) is 0 Å². The van der Waals surface area contributed by atoms with E-state index < -0.39 is 29.7 Å². The number of H-pyrrole nitrogens is 1. The third kappa shape index (κ3) is 3.86. The Kier molecular flexibility index (Phi) is 5.64. The van der Waals surface area contributed by atoms with Gasteiger partial charge in [-0.3, -0.25) is 4.79 Å². The third-order valence-electron chi connectivity index (χ3n) is 6.79. The number of benzene rings is 2. The second kappa shape index (κ2) is 8.51. The number of nitrogens with zero attached hydrogens (tertiary/aromatic N) is 2. The van der Waals surface area contributed by atoms with E-state index in [1.807, 2.05) is 48.5 Å².